The number of amides is 1. The smallest absolute Gasteiger partial charge is 0.239 e. The van der Waals surface area contributed by atoms with E-state index in [0.717, 1.165) is 49.4 Å². The average molecular weight is 474 g/mol. The highest BCUT2D eigenvalue weighted by atomic mass is 35.5. The molecule has 2 fully saturated rings. The van der Waals surface area contributed by atoms with Crippen molar-refractivity contribution in [2.75, 3.05) is 37.6 Å². The molecule has 2 aromatic heterocycles. The van der Waals surface area contributed by atoms with Crippen LogP contribution in [0.25, 0.3) is 11.2 Å². The van der Waals surface area contributed by atoms with E-state index in [1.165, 1.54) is 0 Å². The van der Waals surface area contributed by atoms with Crippen LogP contribution in [0.5, 0.6) is 0 Å². The van der Waals surface area contributed by atoms with Crippen LogP contribution >= 0.6 is 23.2 Å². The van der Waals surface area contributed by atoms with Crippen LogP contribution < -0.4 is 10.2 Å². The molecule has 4 heterocycles. The fraction of sp³-hybridized carbons (Fsp3) is 0.455. The Balaban J connectivity index is 1.34. The van der Waals surface area contributed by atoms with Crippen molar-refractivity contribution >= 4 is 46.1 Å². The van der Waals surface area contributed by atoms with Gasteiger partial charge >= 0.3 is 0 Å². The van der Waals surface area contributed by atoms with Crippen molar-refractivity contribution in [3.63, 3.8) is 0 Å². The Kier molecular flexibility index (Phi) is 5.92. The average Bonchev–Trinajstić information content (AvgIpc) is 3.48. The summed E-state index contributed by atoms with van der Waals surface area (Å²) in [6.45, 7) is 5.78. The van der Waals surface area contributed by atoms with Crippen molar-refractivity contribution in [3.05, 3.63) is 46.2 Å². The Morgan fingerprint density at radius 3 is 2.72 bits per heavy atom. The van der Waals surface area contributed by atoms with E-state index in [2.05, 4.69) is 20.3 Å². The van der Waals surface area contributed by atoms with E-state index >= 15 is 0 Å². The van der Waals surface area contributed by atoms with Gasteiger partial charge in [-0.2, -0.15) is 5.10 Å². The van der Waals surface area contributed by atoms with Gasteiger partial charge in [-0.25, -0.2) is 14.6 Å². The van der Waals surface area contributed by atoms with Gasteiger partial charge in [0, 0.05) is 36.2 Å². The first-order valence-electron chi connectivity index (χ1n) is 10.9. The predicted octanol–water partition coefficient (Wildman–Crippen LogP) is 3.14. The minimum absolute atomic E-state index is 0.0202. The fourth-order valence-corrected chi connectivity index (χ4v) is 5.06. The van der Waals surface area contributed by atoms with Crippen LogP contribution in [-0.2, 0) is 4.79 Å². The topological polar surface area (TPSA) is 79.2 Å². The van der Waals surface area contributed by atoms with E-state index in [-0.39, 0.29) is 18.0 Å². The third-order valence-electron chi connectivity index (χ3n) is 6.34. The molecule has 1 amide bonds. The number of hydrogen-bond donors (Lipinski definition) is 1. The zero-order chi connectivity index (χ0) is 22.2. The molecule has 0 aliphatic carbocycles. The highest BCUT2D eigenvalue weighted by Crippen LogP contribution is 2.30. The second kappa shape index (κ2) is 8.84. The molecule has 2 atom stereocenters. The number of halogens is 2. The second-order valence-corrected chi connectivity index (χ2v) is 9.17. The van der Waals surface area contributed by atoms with Gasteiger partial charge in [0.25, 0.3) is 0 Å². The molecular weight excluding hydrogens is 449 g/mol. The van der Waals surface area contributed by atoms with Crippen LogP contribution in [0.1, 0.15) is 31.4 Å². The summed E-state index contributed by atoms with van der Waals surface area (Å²) < 4.78 is 1.84. The van der Waals surface area contributed by atoms with Gasteiger partial charge in [0.15, 0.2) is 5.65 Å². The molecule has 0 bridgehead atoms. The minimum atomic E-state index is -0.129. The first-order valence-corrected chi connectivity index (χ1v) is 11.7. The highest BCUT2D eigenvalue weighted by molar-refractivity contribution is 6.35. The molecule has 1 aromatic carbocycles. The van der Waals surface area contributed by atoms with Crippen LogP contribution in [0.15, 0.2) is 30.6 Å². The van der Waals surface area contributed by atoms with Gasteiger partial charge in [-0.15, -0.1) is 0 Å². The van der Waals surface area contributed by atoms with Gasteiger partial charge in [0.05, 0.1) is 24.5 Å². The molecule has 1 unspecified atom stereocenters. The molecule has 1 N–H and O–H groups in total. The number of anilines is 1. The number of carbonyl (C=O) groups excluding carboxylic acids is 1. The molecule has 10 heteroatoms. The van der Waals surface area contributed by atoms with E-state index in [4.69, 9.17) is 28.2 Å². The van der Waals surface area contributed by atoms with Gasteiger partial charge in [0.1, 0.15) is 11.3 Å². The summed E-state index contributed by atoms with van der Waals surface area (Å²) in [5.41, 5.74) is 2.35. The number of fused-ring (bicyclic) bond motifs is 1. The second-order valence-electron chi connectivity index (χ2n) is 8.33. The largest absolute Gasteiger partial charge is 0.352 e. The predicted molar refractivity (Wildman–Crippen MR) is 125 cm³/mol. The van der Waals surface area contributed by atoms with Gasteiger partial charge < -0.3 is 15.1 Å². The van der Waals surface area contributed by atoms with Crippen LogP contribution in [-0.4, -0.2) is 69.3 Å². The molecule has 8 nitrogen and oxygen atoms in total. The number of aromatic nitrogens is 4. The van der Waals surface area contributed by atoms with E-state index in [1.54, 1.807) is 18.5 Å². The van der Waals surface area contributed by atoms with E-state index in [9.17, 15) is 4.79 Å². The number of nitrogens with zero attached hydrogens (tertiary/aromatic N) is 6. The van der Waals surface area contributed by atoms with Gasteiger partial charge in [-0.3, -0.25) is 4.79 Å². The number of piperazine rings is 1. The lowest BCUT2D eigenvalue weighted by Gasteiger charge is -2.36. The maximum atomic E-state index is 12.7. The third kappa shape index (κ3) is 4.02. The number of hydrogen-bond acceptors (Lipinski definition) is 6. The zero-order valence-corrected chi connectivity index (χ0v) is 19.4. The zero-order valence-electron chi connectivity index (χ0n) is 17.8. The standard InChI is InChI=1S/C22H25Cl2N7O/c1-14(16-5-4-15(23)11-17(16)24)31-21-19(12-27-31)26-13-20(28-21)29-7-9-30(10-8-29)22(32)18-3-2-6-25-18/h4-5,11-14,18,25H,2-3,6-10H2,1H3/t14?,18-/m1/s1. The Labute approximate surface area is 196 Å². The van der Waals surface area contributed by atoms with Crippen molar-refractivity contribution in [2.24, 2.45) is 0 Å². The minimum Gasteiger partial charge on any atom is -0.352 e. The lowest BCUT2D eigenvalue weighted by molar-refractivity contribution is -0.133. The summed E-state index contributed by atoms with van der Waals surface area (Å²) in [5, 5.41) is 9.01. The number of nitrogens with one attached hydrogen (secondary N) is 1. The summed E-state index contributed by atoms with van der Waals surface area (Å²) in [6, 6.07) is 5.32. The lowest BCUT2D eigenvalue weighted by atomic mass is 10.1. The van der Waals surface area contributed by atoms with Crippen molar-refractivity contribution < 1.29 is 4.79 Å². The van der Waals surface area contributed by atoms with Crippen LogP contribution in [0.3, 0.4) is 0 Å². The molecule has 0 radical (unpaired) electrons. The molecule has 32 heavy (non-hydrogen) atoms. The lowest BCUT2D eigenvalue weighted by Crippen LogP contribution is -2.53. The molecule has 168 valence electrons. The highest BCUT2D eigenvalue weighted by Gasteiger charge is 2.29. The number of carbonyl (C=O) groups is 1. The quantitative estimate of drug-likeness (QED) is 0.626. The molecule has 0 spiro atoms. The fourth-order valence-electron chi connectivity index (χ4n) is 4.49. The maximum absolute atomic E-state index is 12.7. The number of rotatable bonds is 4. The third-order valence-corrected chi connectivity index (χ3v) is 6.91. The molecule has 3 aromatic rings. The summed E-state index contributed by atoms with van der Waals surface area (Å²) in [4.78, 5) is 26.3. The Bertz CT molecular complexity index is 1140. The summed E-state index contributed by atoms with van der Waals surface area (Å²) in [7, 11) is 0. The molecule has 2 aliphatic rings. The summed E-state index contributed by atoms with van der Waals surface area (Å²) >= 11 is 12.5. The van der Waals surface area contributed by atoms with Crippen molar-refractivity contribution in [3.8, 4) is 0 Å². The Hall–Kier alpha value is -2.42. The first kappa shape index (κ1) is 21.4. The normalized spacial score (nSPS) is 20.2. The SMILES string of the molecule is CC(c1ccc(Cl)cc1Cl)n1ncc2ncc(N3CCN(C(=O)[C@H]4CCCN4)CC3)nc21. The van der Waals surface area contributed by atoms with Crippen LogP contribution in [0.4, 0.5) is 5.82 Å². The van der Waals surface area contributed by atoms with Crippen LogP contribution in [0, 0.1) is 0 Å². The van der Waals surface area contributed by atoms with Gasteiger partial charge in [-0.1, -0.05) is 29.3 Å². The monoisotopic (exact) mass is 473 g/mol. The molecule has 2 aliphatic heterocycles. The van der Waals surface area contributed by atoms with Crippen molar-refractivity contribution in [2.45, 2.75) is 31.8 Å². The summed E-state index contributed by atoms with van der Waals surface area (Å²) in [6.07, 6.45) is 5.50. The van der Waals surface area contributed by atoms with Crippen molar-refractivity contribution in [1.82, 2.24) is 30.0 Å². The molecule has 5 rings (SSSR count). The molecule has 2 saturated heterocycles. The Morgan fingerprint density at radius 2 is 2.00 bits per heavy atom. The number of benzene rings is 1. The van der Waals surface area contributed by atoms with Crippen molar-refractivity contribution in [1.29, 1.82) is 0 Å². The maximum Gasteiger partial charge on any atom is 0.239 e. The van der Waals surface area contributed by atoms with E-state index in [1.807, 2.05) is 28.6 Å². The first-order chi connectivity index (χ1) is 15.5. The Morgan fingerprint density at radius 1 is 1.19 bits per heavy atom. The van der Waals surface area contributed by atoms with E-state index in [0.29, 0.717) is 28.8 Å². The summed E-state index contributed by atoms with van der Waals surface area (Å²) in [5.74, 6) is 1.01. The molecular formula is C22H25Cl2N7O. The van der Waals surface area contributed by atoms with Gasteiger partial charge in [0.2, 0.25) is 5.91 Å². The van der Waals surface area contributed by atoms with Gasteiger partial charge in [-0.05, 0) is 44.0 Å². The van der Waals surface area contributed by atoms with Crippen LogP contribution in [0.2, 0.25) is 10.0 Å². The van der Waals surface area contributed by atoms with E-state index < -0.39 is 0 Å². The molecule has 0 saturated carbocycles.